The summed E-state index contributed by atoms with van der Waals surface area (Å²) in [6, 6.07) is 13.2. The van der Waals surface area contributed by atoms with E-state index < -0.39 is 16.9 Å². The van der Waals surface area contributed by atoms with E-state index in [4.69, 9.17) is 10.5 Å². The molecule has 0 saturated carbocycles. The van der Waals surface area contributed by atoms with Gasteiger partial charge in [-0.1, -0.05) is 25.1 Å². The predicted molar refractivity (Wildman–Crippen MR) is 104 cm³/mol. The average molecular weight is 366 g/mol. The van der Waals surface area contributed by atoms with E-state index in [1.165, 1.54) is 5.56 Å². The Bertz CT molecular complexity index is 912. The Kier molecular flexibility index (Phi) is 4.05. The topological polar surface area (TPSA) is 75.8 Å². The number of likely N-dealkylation sites (N-methyl/N-ethyl adjacent to an activating group) is 1. The molecular formula is C22H26N2O3. The minimum atomic E-state index is -1.13. The normalized spacial score (nSPS) is 29.9. The molecule has 5 nitrogen and oxygen atoms in total. The van der Waals surface area contributed by atoms with Gasteiger partial charge in [-0.3, -0.25) is 9.69 Å². The third-order valence-corrected chi connectivity index (χ3v) is 6.73. The van der Waals surface area contributed by atoms with Crippen molar-refractivity contribution in [2.45, 2.75) is 36.8 Å². The van der Waals surface area contributed by atoms with Crippen molar-refractivity contribution in [3.63, 3.8) is 0 Å². The molecule has 1 aliphatic heterocycles. The number of fused-ring (bicyclic) bond motifs is 4. The second-order valence-corrected chi connectivity index (χ2v) is 8.02. The highest BCUT2D eigenvalue weighted by molar-refractivity contribution is 5.93. The highest BCUT2D eigenvalue weighted by atomic mass is 16.5. The van der Waals surface area contributed by atoms with Crippen molar-refractivity contribution in [3.8, 4) is 5.75 Å². The van der Waals surface area contributed by atoms with E-state index in [0.717, 1.165) is 36.3 Å². The molecule has 2 aromatic rings. The van der Waals surface area contributed by atoms with Gasteiger partial charge in [-0.05, 0) is 67.4 Å². The fourth-order valence-electron chi connectivity index (χ4n) is 5.08. The van der Waals surface area contributed by atoms with Gasteiger partial charge in [0.2, 0.25) is 5.91 Å². The van der Waals surface area contributed by atoms with Gasteiger partial charge in [0, 0.05) is 17.0 Å². The lowest BCUT2D eigenvalue weighted by molar-refractivity contribution is -0.141. The van der Waals surface area contributed by atoms with Crippen molar-refractivity contribution < 1.29 is 14.6 Å². The Hall–Kier alpha value is -2.37. The molecule has 4 rings (SSSR count). The number of amides is 1. The number of benzene rings is 2. The van der Waals surface area contributed by atoms with Gasteiger partial charge in [0.1, 0.15) is 11.4 Å². The van der Waals surface area contributed by atoms with Gasteiger partial charge in [0.25, 0.3) is 0 Å². The first-order valence-corrected chi connectivity index (χ1v) is 9.31. The number of primary amides is 1. The van der Waals surface area contributed by atoms with Gasteiger partial charge < -0.3 is 15.6 Å². The van der Waals surface area contributed by atoms with Crippen LogP contribution in [0.4, 0.5) is 0 Å². The second-order valence-electron chi connectivity index (χ2n) is 8.02. The maximum Gasteiger partial charge on any atom is 0.248 e. The Balaban J connectivity index is 1.96. The summed E-state index contributed by atoms with van der Waals surface area (Å²) in [5.41, 5.74) is 7.39. The average Bonchev–Trinajstić information content (AvgIpc) is 2.67. The summed E-state index contributed by atoms with van der Waals surface area (Å²) in [5, 5.41) is 12.2. The number of hydrogen-bond acceptors (Lipinski definition) is 4. The summed E-state index contributed by atoms with van der Waals surface area (Å²) in [6.45, 7) is 3.02. The molecular weight excluding hydrogens is 340 g/mol. The van der Waals surface area contributed by atoms with E-state index in [1.54, 1.807) is 25.3 Å². The number of hydrogen-bond donors (Lipinski definition) is 2. The third-order valence-electron chi connectivity index (χ3n) is 6.73. The van der Waals surface area contributed by atoms with Gasteiger partial charge >= 0.3 is 0 Å². The second kappa shape index (κ2) is 6.08. The number of carbonyl (C=O) groups is 1. The third kappa shape index (κ3) is 2.42. The molecule has 1 aliphatic carbocycles. The Morgan fingerprint density at radius 3 is 2.78 bits per heavy atom. The zero-order chi connectivity index (χ0) is 19.4. The molecule has 5 heteroatoms. The Labute approximate surface area is 159 Å². The standard InChI is InChI=1S/C22H26N2O3/c1-21-9-10-24(2)19(12-14-7-8-17(27-3)13-18(14)21)22(21,26)16-6-4-5-15(11-16)20(23)25/h4-8,11,13,19,26H,9-10,12H2,1-3H3,(H2,23,25)/t19-,21+,22?/m1/s1. The van der Waals surface area contributed by atoms with E-state index in [9.17, 15) is 9.90 Å². The number of aliphatic hydroxyl groups is 1. The quantitative estimate of drug-likeness (QED) is 0.873. The summed E-state index contributed by atoms with van der Waals surface area (Å²) < 4.78 is 5.46. The number of rotatable bonds is 3. The SMILES string of the molecule is COc1ccc2c(c1)[C@]1(C)CCN(C)[C@H](C2)C1(O)c1cccc(C(N)=O)c1. The summed E-state index contributed by atoms with van der Waals surface area (Å²) in [6.07, 6.45) is 1.54. The molecule has 27 heavy (non-hydrogen) atoms. The molecule has 2 bridgehead atoms. The van der Waals surface area contributed by atoms with Crippen molar-refractivity contribution in [3.05, 3.63) is 64.7 Å². The lowest BCUT2D eigenvalue weighted by Crippen LogP contribution is -2.67. The summed E-state index contributed by atoms with van der Waals surface area (Å²) >= 11 is 0. The van der Waals surface area contributed by atoms with Gasteiger partial charge in [-0.25, -0.2) is 0 Å². The van der Waals surface area contributed by atoms with Crippen LogP contribution in [0.3, 0.4) is 0 Å². The molecule has 0 aromatic heterocycles. The fraction of sp³-hybridized carbons (Fsp3) is 0.409. The smallest absolute Gasteiger partial charge is 0.248 e. The zero-order valence-electron chi connectivity index (χ0n) is 16.0. The van der Waals surface area contributed by atoms with Crippen LogP contribution in [-0.2, 0) is 17.4 Å². The summed E-state index contributed by atoms with van der Waals surface area (Å²) in [7, 11) is 3.72. The molecule has 2 aromatic carbocycles. The number of carbonyl (C=O) groups excluding carboxylic acids is 1. The molecule has 1 saturated heterocycles. The van der Waals surface area contributed by atoms with Crippen LogP contribution in [0.15, 0.2) is 42.5 Å². The molecule has 1 unspecified atom stereocenters. The van der Waals surface area contributed by atoms with Gasteiger partial charge in [-0.15, -0.1) is 0 Å². The Morgan fingerprint density at radius 1 is 1.30 bits per heavy atom. The molecule has 142 valence electrons. The number of nitrogens with two attached hydrogens (primary N) is 1. The van der Waals surface area contributed by atoms with Crippen LogP contribution in [0.5, 0.6) is 5.75 Å². The van der Waals surface area contributed by atoms with Crippen LogP contribution in [-0.4, -0.2) is 42.7 Å². The minimum absolute atomic E-state index is 0.0831. The molecule has 2 aliphatic rings. The van der Waals surface area contributed by atoms with Crippen molar-refractivity contribution in [1.29, 1.82) is 0 Å². The highest BCUT2D eigenvalue weighted by Gasteiger charge is 2.60. The Morgan fingerprint density at radius 2 is 2.07 bits per heavy atom. The van der Waals surface area contributed by atoms with Gasteiger partial charge in [0.15, 0.2) is 0 Å². The van der Waals surface area contributed by atoms with Crippen molar-refractivity contribution in [2.75, 3.05) is 20.7 Å². The van der Waals surface area contributed by atoms with Crippen molar-refractivity contribution in [1.82, 2.24) is 4.90 Å². The fourth-order valence-corrected chi connectivity index (χ4v) is 5.08. The van der Waals surface area contributed by atoms with E-state index in [1.807, 2.05) is 12.1 Å². The van der Waals surface area contributed by atoms with Crippen LogP contribution >= 0.6 is 0 Å². The van der Waals surface area contributed by atoms with Crippen LogP contribution in [0, 0.1) is 0 Å². The van der Waals surface area contributed by atoms with E-state index in [-0.39, 0.29) is 6.04 Å². The maximum atomic E-state index is 12.2. The molecule has 3 atom stereocenters. The first-order valence-electron chi connectivity index (χ1n) is 9.31. The molecule has 1 amide bonds. The summed E-state index contributed by atoms with van der Waals surface area (Å²) in [4.78, 5) is 14.0. The monoisotopic (exact) mass is 366 g/mol. The molecule has 1 heterocycles. The van der Waals surface area contributed by atoms with Crippen LogP contribution < -0.4 is 10.5 Å². The number of piperidine rings is 1. The number of methoxy groups -OCH3 is 1. The van der Waals surface area contributed by atoms with E-state index in [2.05, 4.69) is 31.0 Å². The van der Waals surface area contributed by atoms with Crippen LogP contribution in [0.2, 0.25) is 0 Å². The van der Waals surface area contributed by atoms with Crippen molar-refractivity contribution >= 4 is 5.91 Å². The van der Waals surface area contributed by atoms with E-state index >= 15 is 0 Å². The first-order chi connectivity index (χ1) is 12.8. The minimum Gasteiger partial charge on any atom is -0.497 e. The number of ether oxygens (including phenoxy) is 1. The molecule has 0 radical (unpaired) electrons. The molecule has 3 N–H and O–H groups in total. The van der Waals surface area contributed by atoms with Crippen molar-refractivity contribution in [2.24, 2.45) is 5.73 Å². The zero-order valence-corrected chi connectivity index (χ0v) is 16.0. The number of nitrogens with zero attached hydrogens (tertiary/aromatic N) is 1. The lowest BCUT2D eigenvalue weighted by Gasteiger charge is -2.60. The van der Waals surface area contributed by atoms with Gasteiger partial charge in [0.05, 0.1) is 7.11 Å². The van der Waals surface area contributed by atoms with Crippen LogP contribution in [0.1, 0.15) is 40.4 Å². The maximum absolute atomic E-state index is 12.2. The summed E-state index contributed by atoms with van der Waals surface area (Å²) in [5.74, 6) is 0.308. The predicted octanol–water partition coefficient (Wildman–Crippen LogP) is 2.20. The van der Waals surface area contributed by atoms with E-state index in [0.29, 0.717) is 5.56 Å². The number of likely N-dealkylation sites (tertiary alicyclic amines) is 1. The molecule has 1 fully saturated rings. The highest BCUT2D eigenvalue weighted by Crippen LogP contribution is 2.56. The first kappa shape index (κ1) is 18.0. The molecule has 0 spiro atoms. The van der Waals surface area contributed by atoms with Gasteiger partial charge in [-0.2, -0.15) is 0 Å². The largest absolute Gasteiger partial charge is 0.497 e. The van der Waals surface area contributed by atoms with Crippen LogP contribution in [0.25, 0.3) is 0 Å². The lowest BCUT2D eigenvalue weighted by atomic mass is 9.53.